The van der Waals surface area contributed by atoms with Crippen LogP contribution in [0.3, 0.4) is 0 Å². The predicted molar refractivity (Wildman–Crippen MR) is 77.3 cm³/mol. The monoisotopic (exact) mass is 311 g/mol. The SMILES string of the molecule is NC(CCC(=O)O)C(=O)Nc1cc2c(cc1Cl)NC(=O)C2. The summed E-state index contributed by atoms with van der Waals surface area (Å²) in [7, 11) is 0. The van der Waals surface area contributed by atoms with Crippen LogP contribution in [0, 0.1) is 0 Å². The fraction of sp³-hybridized carbons (Fsp3) is 0.308. The molecule has 0 bridgehead atoms. The van der Waals surface area contributed by atoms with Crippen molar-refractivity contribution in [2.24, 2.45) is 5.73 Å². The highest BCUT2D eigenvalue weighted by Crippen LogP contribution is 2.32. The highest BCUT2D eigenvalue weighted by Gasteiger charge is 2.21. The number of hydrogen-bond donors (Lipinski definition) is 4. The molecule has 2 amide bonds. The molecule has 0 saturated heterocycles. The zero-order chi connectivity index (χ0) is 15.6. The molecule has 8 heteroatoms. The maximum Gasteiger partial charge on any atom is 0.303 e. The Morgan fingerprint density at radius 2 is 2.19 bits per heavy atom. The zero-order valence-corrected chi connectivity index (χ0v) is 11.7. The van der Waals surface area contributed by atoms with Gasteiger partial charge >= 0.3 is 5.97 Å². The maximum atomic E-state index is 11.9. The minimum atomic E-state index is -1.02. The molecule has 7 nitrogen and oxygen atoms in total. The summed E-state index contributed by atoms with van der Waals surface area (Å²) in [5.74, 6) is -1.67. The minimum absolute atomic E-state index is 0.0315. The maximum absolute atomic E-state index is 11.9. The van der Waals surface area contributed by atoms with E-state index in [1.807, 2.05) is 0 Å². The third-order valence-corrected chi connectivity index (χ3v) is 3.39. The van der Waals surface area contributed by atoms with Gasteiger partial charge in [0.15, 0.2) is 0 Å². The first-order valence-corrected chi connectivity index (χ1v) is 6.65. The van der Waals surface area contributed by atoms with Gasteiger partial charge in [0.2, 0.25) is 11.8 Å². The van der Waals surface area contributed by atoms with Crippen molar-refractivity contribution in [1.29, 1.82) is 0 Å². The highest BCUT2D eigenvalue weighted by atomic mass is 35.5. The molecule has 1 unspecified atom stereocenters. The van der Waals surface area contributed by atoms with Crippen molar-refractivity contribution in [3.05, 3.63) is 22.7 Å². The number of carbonyl (C=O) groups excluding carboxylic acids is 2. The minimum Gasteiger partial charge on any atom is -0.481 e. The van der Waals surface area contributed by atoms with E-state index in [0.717, 1.165) is 5.56 Å². The van der Waals surface area contributed by atoms with E-state index in [-0.39, 0.29) is 30.2 Å². The summed E-state index contributed by atoms with van der Waals surface area (Å²) >= 11 is 6.03. The number of benzene rings is 1. The lowest BCUT2D eigenvalue weighted by molar-refractivity contribution is -0.137. The van der Waals surface area contributed by atoms with Crippen LogP contribution >= 0.6 is 11.6 Å². The molecule has 1 aliphatic heterocycles. The number of nitrogens with two attached hydrogens (primary N) is 1. The number of fused-ring (bicyclic) bond motifs is 1. The van der Waals surface area contributed by atoms with Gasteiger partial charge in [-0.1, -0.05) is 11.6 Å². The van der Waals surface area contributed by atoms with E-state index in [9.17, 15) is 14.4 Å². The predicted octanol–water partition coefficient (Wildman–Crippen LogP) is 0.965. The van der Waals surface area contributed by atoms with Crippen molar-refractivity contribution in [1.82, 2.24) is 0 Å². The van der Waals surface area contributed by atoms with Crippen LogP contribution in [0.25, 0.3) is 0 Å². The van der Waals surface area contributed by atoms with Crippen LogP contribution in [-0.2, 0) is 20.8 Å². The molecular formula is C13H14ClN3O4. The van der Waals surface area contributed by atoms with Gasteiger partial charge in [0, 0.05) is 12.1 Å². The molecular weight excluding hydrogens is 298 g/mol. The Morgan fingerprint density at radius 3 is 2.86 bits per heavy atom. The van der Waals surface area contributed by atoms with Gasteiger partial charge in [0.1, 0.15) is 0 Å². The van der Waals surface area contributed by atoms with E-state index in [4.69, 9.17) is 22.4 Å². The molecule has 1 aromatic carbocycles. The van der Waals surface area contributed by atoms with Crippen LogP contribution in [0.1, 0.15) is 18.4 Å². The molecule has 5 N–H and O–H groups in total. The van der Waals surface area contributed by atoms with E-state index in [1.165, 1.54) is 0 Å². The molecule has 112 valence electrons. The summed E-state index contributed by atoms with van der Waals surface area (Å²) in [6.07, 6.45) is 0.0646. The first-order chi connectivity index (χ1) is 9.86. The molecule has 1 aromatic rings. The fourth-order valence-electron chi connectivity index (χ4n) is 1.98. The number of hydrogen-bond acceptors (Lipinski definition) is 4. The standard InChI is InChI=1S/C13H14ClN3O4/c14-7-5-9-6(4-11(18)16-9)3-10(7)17-13(21)8(15)1-2-12(19)20/h3,5,8H,1-2,4,15H2,(H,16,18)(H,17,21)(H,19,20). The van der Waals surface area contributed by atoms with E-state index in [1.54, 1.807) is 12.1 Å². The van der Waals surface area contributed by atoms with Crippen molar-refractivity contribution in [3.8, 4) is 0 Å². The molecule has 1 heterocycles. The third kappa shape index (κ3) is 3.71. The third-order valence-electron chi connectivity index (χ3n) is 3.08. The number of rotatable bonds is 5. The van der Waals surface area contributed by atoms with Crippen LogP contribution < -0.4 is 16.4 Å². The molecule has 21 heavy (non-hydrogen) atoms. The number of amides is 2. The normalized spacial score (nSPS) is 14.3. The number of carboxylic acid groups (broad SMARTS) is 1. The summed E-state index contributed by atoms with van der Waals surface area (Å²) in [6, 6.07) is 2.22. The molecule has 0 aliphatic carbocycles. The topological polar surface area (TPSA) is 122 Å². The van der Waals surface area contributed by atoms with Gasteiger partial charge in [-0.25, -0.2) is 0 Å². The smallest absolute Gasteiger partial charge is 0.303 e. The summed E-state index contributed by atoms with van der Waals surface area (Å²) in [5.41, 5.74) is 7.32. The summed E-state index contributed by atoms with van der Waals surface area (Å²) < 4.78 is 0. The lowest BCUT2D eigenvalue weighted by Gasteiger charge is -2.13. The van der Waals surface area contributed by atoms with Crippen LogP contribution in [0.15, 0.2) is 12.1 Å². The average molecular weight is 312 g/mol. The Labute approximate surface area is 125 Å². The molecule has 1 aliphatic rings. The Bertz CT molecular complexity index is 618. The Kier molecular flexibility index (Phi) is 4.44. The molecule has 0 aromatic heterocycles. The Hall–Kier alpha value is -2.12. The second kappa shape index (κ2) is 6.11. The quantitative estimate of drug-likeness (QED) is 0.645. The second-order valence-corrected chi connectivity index (χ2v) is 5.15. The van der Waals surface area contributed by atoms with E-state index >= 15 is 0 Å². The van der Waals surface area contributed by atoms with Crippen LogP contribution in [0.2, 0.25) is 5.02 Å². The van der Waals surface area contributed by atoms with Crippen LogP contribution in [0.5, 0.6) is 0 Å². The molecule has 0 spiro atoms. The first-order valence-electron chi connectivity index (χ1n) is 6.27. The average Bonchev–Trinajstić information content (AvgIpc) is 2.75. The first kappa shape index (κ1) is 15.3. The van der Waals surface area contributed by atoms with E-state index < -0.39 is 17.9 Å². The largest absolute Gasteiger partial charge is 0.481 e. The van der Waals surface area contributed by atoms with Crippen LogP contribution in [0.4, 0.5) is 11.4 Å². The van der Waals surface area contributed by atoms with Crippen molar-refractivity contribution >= 4 is 40.8 Å². The summed E-state index contributed by atoms with van der Waals surface area (Å²) in [4.78, 5) is 33.6. The Balaban J connectivity index is 2.06. The number of aliphatic carboxylic acids is 1. The number of halogens is 1. The van der Waals surface area contributed by atoms with E-state index in [2.05, 4.69) is 10.6 Å². The number of carboxylic acids is 1. The summed E-state index contributed by atoms with van der Waals surface area (Å²) in [6.45, 7) is 0. The highest BCUT2D eigenvalue weighted by molar-refractivity contribution is 6.34. The Morgan fingerprint density at radius 1 is 1.48 bits per heavy atom. The van der Waals surface area contributed by atoms with Gasteiger partial charge in [-0.05, 0) is 24.1 Å². The molecule has 1 atom stereocenters. The van der Waals surface area contributed by atoms with Gasteiger partial charge in [-0.2, -0.15) is 0 Å². The van der Waals surface area contributed by atoms with E-state index in [0.29, 0.717) is 11.4 Å². The second-order valence-electron chi connectivity index (χ2n) is 4.74. The van der Waals surface area contributed by atoms with Crippen LogP contribution in [-0.4, -0.2) is 28.9 Å². The van der Waals surface area contributed by atoms with Gasteiger partial charge in [0.25, 0.3) is 0 Å². The van der Waals surface area contributed by atoms with Gasteiger partial charge in [0.05, 0.1) is 23.2 Å². The van der Waals surface area contributed by atoms with Gasteiger partial charge < -0.3 is 21.5 Å². The molecule has 2 rings (SSSR count). The molecule has 0 fully saturated rings. The van der Waals surface area contributed by atoms with Crippen molar-refractivity contribution in [2.75, 3.05) is 10.6 Å². The summed E-state index contributed by atoms with van der Waals surface area (Å²) in [5, 5.41) is 14.0. The lowest BCUT2D eigenvalue weighted by Crippen LogP contribution is -2.36. The number of nitrogens with one attached hydrogen (secondary N) is 2. The molecule has 0 saturated carbocycles. The fourth-order valence-corrected chi connectivity index (χ4v) is 2.19. The number of anilines is 2. The van der Waals surface area contributed by atoms with Crippen molar-refractivity contribution in [3.63, 3.8) is 0 Å². The van der Waals surface area contributed by atoms with Crippen molar-refractivity contribution in [2.45, 2.75) is 25.3 Å². The number of carbonyl (C=O) groups is 3. The zero-order valence-electron chi connectivity index (χ0n) is 11.0. The lowest BCUT2D eigenvalue weighted by atomic mass is 10.1. The van der Waals surface area contributed by atoms with Gasteiger partial charge in [-0.3, -0.25) is 14.4 Å². The van der Waals surface area contributed by atoms with Gasteiger partial charge in [-0.15, -0.1) is 0 Å². The van der Waals surface area contributed by atoms with Crippen molar-refractivity contribution < 1.29 is 19.5 Å². The molecule has 0 radical (unpaired) electrons.